The van der Waals surface area contributed by atoms with E-state index in [1.54, 1.807) is 12.3 Å². The van der Waals surface area contributed by atoms with Crippen LogP contribution < -0.4 is 9.62 Å². The van der Waals surface area contributed by atoms with Crippen LogP contribution in [0.4, 0.5) is 11.4 Å². The SMILES string of the molecule is O=C(CCc1ncc(-c2ccccc2Cl)o1)Nc1cc(N2CCCS2(=O)=O)ccc1O. The topological polar surface area (TPSA) is 113 Å². The molecular formula is C21H20ClN3O5S. The first-order valence-corrected chi connectivity index (χ1v) is 11.6. The zero-order chi connectivity index (χ0) is 22.0. The van der Waals surface area contributed by atoms with Gasteiger partial charge in [0.1, 0.15) is 5.75 Å². The number of nitrogens with zero attached hydrogens (tertiary/aromatic N) is 2. The quantitative estimate of drug-likeness (QED) is 0.540. The smallest absolute Gasteiger partial charge is 0.235 e. The van der Waals surface area contributed by atoms with Gasteiger partial charge in [0.2, 0.25) is 15.9 Å². The van der Waals surface area contributed by atoms with E-state index in [4.69, 9.17) is 16.0 Å². The van der Waals surface area contributed by atoms with Crippen LogP contribution in [-0.4, -0.2) is 36.7 Å². The molecule has 0 unspecified atom stereocenters. The molecule has 2 heterocycles. The number of aromatic nitrogens is 1. The summed E-state index contributed by atoms with van der Waals surface area (Å²) in [5.74, 6) is 0.464. The van der Waals surface area contributed by atoms with Gasteiger partial charge in [0.25, 0.3) is 0 Å². The Kier molecular flexibility index (Phi) is 5.88. The summed E-state index contributed by atoms with van der Waals surface area (Å²) < 4.78 is 31.2. The third-order valence-electron chi connectivity index (χ3n) is 4.90. The number of anilines is 2. The predicted molar refractivity (Wildman–Crippen MR) is 118 cm³/mol. The second-order valence-electron chi connectivity index (χ2n) is 7.09. The maximum Gasteiger partial charge on any atom is 0.235 e. The molecule has 0 aliphatic carbocycles. The van der Waals surface area contributed by atoms with Gasteiger partial charge in [-0.05, 0) is 36.8 Å². The van der Waals surface area contributed by atoms with Crippen molar-refractivity contribution in [2.24, 2.45) is 0 Å². The number of oxazole rings is 1. The van der Waals surface area contributed by atoms with Crippen molar-refractivity contribution in [1.82, 2.24) is 4.98 Å². The molecule has 1 aromatic heterocycles. The van der Waals surface area contributed by atoms with Crippen LogP contribution in [0.3, 0.4) is 0 Å². The van der Waals surface area contributed by atoms with Gasteiger partial charge in [-0.25, -0.2) is 13.4 Å². The van der Waals surface area contributed by atoms with E-state index in [0.29, 0.717) is 40.9 Å². The molecule has 2 N–H and O–H groups in total. The van der Waals surface area contributed by atoms with Gasteiger partial charge in [0.05, 0.1) is 28.3 Å². The van der Waals surface area contributed by atoms with Gasteiger partial charge in [-0.2, -0.15) is 0 Å². The summed E-state index contributed by atoms with van der Waals surface area (Å²) in [5.41, 5.74) is 1.27. The fraction of sp³-hybridized carbons (Fsp3) is 0.238. The highest BCUT2D eigenvalue weighted by Crippen LogP contribution is 2.32. The summed E-state index contributed by atoms with van der Waals surface area (Å²) in [6, 6.07) is 11.5. The van der Waals surface area contributed by atoms with Crippen molar-refractivity contribution in [2.75, 3.05) is 21.9 Å². The maximum atomic E-state index is 12.4. The van der Waals surface area contributed by atoms with Gasteiger partial charge in [-0.1, -0.05) is 23.7 Å². The van der Waals surface area contributed by atoms with Crippen LogP contribution in [0.5, 0.6) is 5.75 Å². The average Bonchev–Trinajstić information content (AvgIpc) is 3.34. The molecule has 0 spiro atoms. The summed E-state index contributed by atoms with van der Waals surface area (Å²) in [5, 5.41) is 13.2. The molecule has 0 saturated carbocycles. The molecule has 31 heavy (non-hydrogen) atoms. The molecule has 2 aromatic carbocycles. The summed E-state index contributed by atoms with van der Waals surface area (Å²) in [6.45, 7) is 0.373. The minimum Gasteiger partial charge on any atom is -0.506 e. The molecule has 8 nitrogen and oxygen atoms in total. The number of carbonyl (C=O) groups is 1. The van der Waals surface area contributed by atoms with Crippen LogP contribution in [0.2, 0.25) is 5.02 Å². The number of rotatable bonds is 6. The van der Waals surface area contributed by atoms with Gasteiger partial charge in [-0.15, -0.1) is 0 Å². The number of carbonyl (C=O) groups excluding carboxylic acids is 1. The van der Waals surface area contributed by atoms with E-state index in [-0.39, 0.29) is 35.9 Å². The van der Waals surface area contributed by atoms with E-state index in [0.717, 1.165) is 0 Å². The first-order chi connectivity index (χ1) is 14.8. The normalized spacial score (nSPS) is 15.2. The Hall–Kier alpha value is -3.04. The standard InChI is InChI=1S/C21H20ClN3O5S/c22-16-5-2-1-4-15(16)19-13-23-21(30-19)9-8-20(27)24-17-12-14(6-7-18(17)26)25-10-3-11-31(25,28)29/h1-2,4-7,12-13,26H,3,8-11H2,(H,24,27). The molecular weight excluding hydrogens is 442 g/mol. The van der Waals surface area contributed by atoms with E-state index in [1.807, 2.05) is 18.2 Å². The Morgan fingerprint density at radius 2 is 2.06 bits per heavy atom. The number of halogens is 1. The molecule has 1 aliphatic rings. The van der Waals surface area contributed by atoms with Gasteiger partial charge >= 0.3 is 0 Å². The molecule has 0 bridgehead atoms. The van der Waals surface area contributed by atoms with E-state index in [1.165, 1.54) is 22.5 Å². The molecule has 1 amide bonds. The van der Waals surface area contributed by atoms with E-state index in [2.05, 4.69) is 10.3 Å². The molecule has 0 radical (unpaired) electrons. The Balaban J connectivity index is 1.41. The fourth-order valence-corrected chi connectivity index (χ4v) is 5.14. The predicted octanol–water partition coefficient (Wildman–Crippen LogP) is 3.81. The molecule has 10 heteroatoms. The Morgan fingerprint density at radius 1 is 1.26 bits per heavy atom. The third kappa shape index (κ3) is 4.67. The second-order valence-corrected chi connectivity index (χ2v) is 9.51. The van der Waals surface area contributed by atoms with Crippen molar-refractivity contribution >= 4 is 38.9 Å². The monoisotopic (exact) mass is 461 g/mol. The summed E-state index contributed by atoms with van der Waals surface area (Å²) >= 11 is 6.16. The summed E-state index contributed by atoms with van der Waals surface area (Å²) in [6.07, 6.45) is 2.41. The first-order valence-electron chi connectivity index (χ1n) is 9.66. The van der Waals surface area contributed by atoms with Crippen molar-refractivity contribution in [3.05, 3.63) is 59.6 Å². The van der Waals surface area contributed by atoms with Crippen molar-refractivity contribution in [2.45, 2.75) is 19.3 Å². The summed E-state index contributed by atoms with van der Waals surface area (Å²) in [7, 11) is -3.36. The molecule has 1 aliphatic heterocycles. The average molecular weight is 462 g/mol. The second kappa shape index (κ2) is 8.60. The number of phenols is 1. The number of hydrogen-bond acceptors (Lipinski definition) is 6. The Morgan fingerprint density at radius 3 is 2.81 bits per heavy atom. The van der Waals surface area contributed by atoms with Crippen molar-refractivity contribution < 1.29 is 22.7 Å². The highest BCUT2D eigenvalue weighted by molar-refractivity contribution is 7.93. The lowest BCUT2D eigenvalue weighted by atomic mass is 10.2. The van der Waals surface area contributed by atoms with Gasteiger partial charge in [0.15, 0.2) is 11.7 Å². The first kappa shape index (κ1) is 21.2. The molecule has 0 atom stereocenters. The number of sulfonamides is 1. The number of hydrogen-bond donors (Lipinski definition) is 2. The Labute approximate surface area is 184 Å². The number of benzene rings is 2. The number of aryl methyl sites for hydroxylation is 1. The van der Waals surface area contributed by atoms with Crippen molar-refractivity contribution in [1.29, 1.82) is 0 Å². The highest BCUT2D eigenvalue weighted by atomic mass is 35.5. The van der Waals surface area contributed by atoms with Crippen LogP contribution in [0.25, 0.3) is 11.3 Å². The van der Waals surface area contributed by atoms with E-state index in [9.17, 15) is 18.3 Å². The van der Waals surface area contributed by atoms with Crippen molar-refractivity contribution in [3.63, 3.8) is 0 Å². The van der Waals surface area contributed by atoms with Crippen LogP contribution in [0.15, 0.2) is 53.1 Å². The largest absolute Gasteiger partial charge is 0.506 e. The zero-order valence-electron chi connectivity index (χ0n) is 16.4. The van der Waals surface area contributed by atoms with Gasteiger partial charge < -0.3 is 14.8 Å². The van der Waals surface area contributed by atoms with E-state index >= 15 is 0 Å². The highest BCUT2D eigenvalue weighted by Gasteiger charge is 2.29. The van der Waals surface area contributed by atoms with Crippen LogP contribution in [0, 0.1) is 0 Å². The molecule has 3 aromatic rings. The lowest BCUT2D eigenvalue weighted by Crippen LogP contribution is -2.25. The number of phenolic OH excluding ortho intramolecular Hbond substituents is 1. The maximum absolute atomic E-state index is 12.4. The third-order valence-corrected chi connectivity index (χ3v) is 7.10. The number of aromatic hydroxyl groups is 1. The van der Waals surface area contributed by atoms with E-state index < -0.39 is 10.0 Å². The van der Waals surface area contributed by atoms with Crippen LogP contribution >= 0.6 is 11.6 Å². The van der Waals surface area contributed by atoms with Crippen molar-refractivity contribution in [3.8, 4) is 17.1 Å². The Bertz CT molecular complexity index is 1230. The van der Waals surface area contributed by atoms with Crippen LogP contribution in [-0.2, 0) is 21.2 Å². The number of amides is 1. The molecule has 162 valence electrons. The van der Waals surface area contributed by atoms with Gasteiger partial charge in [0, 0.05) is 24.9 Å². The fourth-order valence-electron chi connectivity index (χ4n) is 3.35. The summed E-state index contributed by atoms with van der Waals surface area (Å²) in [4.78, 5) is 16.6. The minimum atomic E-state index is -3.36. The van der Waals surface area contributed by atoms with Gasteiger partial charge in [-0.3, -0.25) is 9.10 Å². The molecule has 1 saturated heterocycles. The number of nitrogens with one attached hydrogen (secondary N) is 1. The lowest BCUT2D eigenvalue weighted by molar-refractivity contribution is -0.116. The zero-order valence-corrected chi connectivity index (χ0v) is 18.0. The van der Waals surface area contributed by atoms with Crippen LogP contribution in [0.1, 0.15) is 18.7 Å². The molecule has 1 fully saturated rings. The minimum absolute atomic E-state index is 0.0636. The molecule has 4 rings (SSSR count). The lowest BCUT2D eigenvalue weighted by Gasteiger charge is -2.18.